The maximum atomic E-state index is 13.4. The number of alkyl carbamates (subject to hydrolysis) is 1. The Labute approximate surface area is 195 Å². The molecular weight excluding hydrogens is 457 g/mol. The normalized spacial score (nSPS) is 24.2. The topological polar surface area (TPSA) is 59.6 Å². The molecule has 5 nitrogen and oxygen atoms in total. The number of halogens is 4. The zero-order valence-corrected chi connectivity index (χ0v) is 18.7. The van der Waals surface area contributed by atoms with Crippen LogP contribution in [-0.2, 0) is 15.7 Å². The molecule has 2 aromatic rings. The second-order valence-electron chi connectivity index (χ2n) is 8.32. The fourth-order valence-corrected chi connectivity index (χ4v) is 4.66. The Kier molecular flexibility index (Phi) is 7.34. The molecule has 2 aromatic carbocycles. The summed E-state index contributed by atoms with van der Waals surface area (Å²) < 4.78 is 51.8. The van der Waals surface area contributed by atoms with Crippen molar-refractivity contribution in [1.82, 2.24) is 5.32 Å². The van der Waals surface area contributed by atoms with Crippen molar-refractivity contribution in [3.05, 3.63) is 65.2 Å². The monoisotopic (exact) mass is 482 g/mol. The second-order valence-corrected chi connectivity index (χ2v) is 8.70. The highest BCUT2D eigenvalue weighted by molar-refractivity contribution is 6.17. The molecule has 2 aliphatic heterocycles. The molecule has 4 rings (SSSR count). The number of hydrogen-bond donors (Lipinski definition) is 2. The van der Waals surface area contributed by atoms with Gasteiger partial charge in [0.15, 0.2) is 0 Å². The van der Waals surface area contributed by atoms with E-state index < -0.39 is 30.0 Å². The van der Waals surface area contributed by atoms with Crippen LogP contribution >= 0.6 is 11.6 Å². The van der Waals surface area contributed by atoms with Crippen LogP contribution in [-0.4, -0.2) is 31.2 Å². The number of amides is 1. The molecule has 0 saturated carbocycles. The van der Waals surface area contributed by atoms with Gasteiger partial charge in [-0.15, -0.1) is 11.6 Å². The molecule has 1 saturated heterocycles. The Hall–Kier alpha value is -2.45. The summed E-state index contributed by atoms with van der Waals surface area (Å²) in [6, 6.07) is 13.4. The quantitative estimate of drug-likeness (QED) is 0.388. The van der Waals surface area contributed by atoms with Crippen LogP contribution in [0.4, 0.5) is 23.7 Å². The highest BCUT2D eigenvalue weighted by Gasteiger charge is 2.43. The van der Waals surface area contributed by atoms with Gasteiger partial charge in [0.05, 0.1) is 23.8 Å². The van der Waals surface area contributed by atoms with Gasteiger partial charge in [-0.3, -0.25) is 0 Å². The maximum absolute atomic E-state index is 13.4. The molecule has 33 heavy (non-hydrogen) atoms. The Morgan fingerprint density at radius 1 is 1.18 bits per heavy atom. The van der Waals surface area contributed by atoms with Gasteiger partial charge in [-0.25, -0.2) is 4.79 Å². The van der Waals surface area contributed by atoms with Gasteiger partial charge < -0.3 is 20.1 Å². The van der Waals surface area contributed by atoms with Gasteiger partial charge >= 0.3 is 12.3 Å². The van der Waals surface area contributed by atoms with E-state index in [9.17, 15) is 18.0 Å². The van der Waals surface area contributed by atoms with E-state index >= 15 is 0 Å². The number of alkyl halides is 4. The molecule has 4 atom stereocenters. The number of nitrogens with one attached hydrogen (secondary N) is 2. The van der Waals surface area contributed by atoms with E-state index in [1.807, 2.05) is 30.3 Å². The van der Waals surface area contributed by atoms with Crippen molar-refractivity contribution in [3.63, 3.8) is 0 Å². The summed E-state index contributed by atoms with van der Waals surface area (Å²) >= 11 is 5.60. The van der Waals surface area contributed by atoms with E-state index in [0.29, 0.717) is 36.5 Å². The third kappa shape index (κ3) is 5.55. The van der Waals surface area contributed by atoms with Gasteiger partial charge in [0.2, 0.25) is 0 Å². The molecule has 0 aromatic heterocycles. The standard InChI is InChI=1S/C24H26ClF3N2O3/c25-11-4-12-29-23(31)32-14-17-8-9-18-21(15-5-2-1-3-6-15)30-20-10-7-16(24(26,27)28)13-19(20)22(18)33-17/h1-3,5-7,10,13,17-18,21-22,30H,4,8-9,11-12,14H2,(H,29,31)/t17-,18+,21+,22+/m1/s1. The van der Waals surface area contributed by atoms with Gasteiger partial charge in [0.25, 0.3) is 0 Å². The molecule has 178 valence electrons. The number of fused-ring (bicyclic) bond motifs is 3. The summed E-state index contributed by atoms with van der Waals surface area (Å²) in [6.45, 7) is 0.449. The van der Waals surface area contributed by atoms with Crippen molar-refractivity contribution in [2.75, 3.05) is 24.3 Å². The lowest BCUT2D eigenvalue weighted by Crippen LogP contribution is -2.41. The van der Waals surface area contributed by atoms with Gasteiger partial charge in [-0.2, -0.15) is 13.2 Å². The maximum Gasteiger partial charge on any atom is 0.416 e. The highest BCUT2D eigenvalue weighted by Crippen LogP contribution is 2.51. The van der Waals surface area contributed by atoms with E-state index in [2.05, 4.69) is 10.6 Å². The van der Waals surface area contributed by atoms with Crippen molar-refractivity contribution in [1.29, 1.82) is 0 Å². The van der Waals surface area contributed by atoms with E-state index in [-0.39, 0.29) is 18.6 Å². The fraction of sp³-hybridized carbons (Fsp3) is 0.458. The zero-order valence-electron chi connectivity index (χ0n) is 17.9. The Morgan fingerprint density at radius 3 is 2.70 bits per heavy atom. The minimum absolute atomic E-state index is 0.0354. The Balaban J connectivity index is 1.55. The third-order valence-electron chi connectivity index (χ3n) is 6.11. The largest absolute Gasteiger partial charge is 0.447 e. The van der Waals surface area contributed by atoms with Gasteiger partial charge in [-0.05, 0) is 43.0 Å². The predicted octanol–water partition coefficient (Wildman–Crippen LogP) is 6.06. The number of ether oxygens (including phenoxy) is 2. The molecule has 0 unspecified atom stereocenters. The van der Waals surface area contributed by atoms with E-state index in [0.717, 1.165) is 18.1 Å². The summed E-state index contributed by atoms with van der Waals surface area (Å²) in [5, 5.41) is 6.04. The number of carbonyl (C=O) groups is 1. The summed E-state index contributed by atoms with van der Waals surface area (Å²) in [5.41, 5.74) is 1.45. The van der Waals surface area contributed by atoms with Gasteiger partial charge in [-0.1, -0.05) is 30.3 Å². The minimum atomic E-state index is -4.45. The van der Waals surface area contributed by atoms with Gasteiger partial charge in [0, 0.05) is 29.6 Å². The highest BCUT2D eigenvalue weighted by atomic mass is 35.5. The lowest BCUT2D eigenvalue weighted by atomic mass is 9.76. The molecule has 0 spiro atoms. The van der Waals surface area contributed by atoms with Crippen LogP contribution in [0.1, 0.15) is 48.1 Å². The van der Waals surface area contributed by atoms with Crippen LogP contribution in [0.25, 0.3) is 0 Å². The number of benzene rings is 2. The third-order valence-corrected chi connectivity index (χ3v) is 6.38. The SMILES string of the molecule is O=C(NCCCCl)OC[C@H]1CC[C@@H]2[C@H](O1)c1cc(C(F)(F)F)ccc1N[C@H]2c1ccccc1. The average molecular weight is 483 g/mol. The number of anilines is 1. The van der Waals surface area contributed by atoms with Crippen molar-refractivity contribution >= 4 is 23.4 Å². The number of hydrogen-bond acceptors (Lipinski definition) is 4. The second kappa shape index (κ2) is 10.2. The molecule has 0 bridgehead atoms. The molecule has 0 radical (unpaired) electrons. The van der Waals surface area contributed by atoms with Crippen LogP contribution in [0.15, 0.2) is 48.5 Å². The first-order valence-electron chi connectivity index (χ1n) is 11.0. The first-order chi connectivity index (χ1) is 15.9. The van der Waals surface area contributed by atoms with E-state index in [1.54, 1.807) is 0 Å². The molecule has 1 amide bonds. The molecular formula is C24H26ClF3N2O3. The van der Waals surface area contributed by atoms with Crippen LogP contribution in [0, 0.1) is 5.92 Å². The van der Waals surface area contributed by atoms with Crippen molar-refractivity contribution in [2.45, 2.75) is 43.7 Å². The first-order valence-corrected chi connectivity index (χ1v) is 11.5. The smallest absolute Gasteiger partial charge is 0.416 e. The molecule has 2 aliphatic rings. The van der Waals surface area contributed by atoms with Crippen molar-refractivity contribution < 1.29 is 27.4 Å². The lowest BCUT2D eigenvalue weighted by molar-refractivity contribution is -0.138. The predicted molar refractivity (Wildman–Crippen MR) is 119 cm³/mol. The van der Waals surface area contributed by atoms with Crippen LogP contribution < -0.4 is 10.6 Å². The zero-order chi connectivity index (χ0) is 23.4. The number of rotatable bonds is 6. The summed E-state index contributed by atoms with van der Waals surface area (Å²) in [7, 11) is 0. The van der Waals surface area contributed by atoms with E-state index in [1.165, 1.54) is 12.1 Å². The molecule has 2 N–H and O–H groups in total. The summed E-state index contributed by atoms with van der Waals surface area (Å²) in [6.07, 6.45) is -3.97. The fourth-order valence-electron chi connectivity index (χ4n) is 4.52. The summed E-state index contributed by atoms with van der Waals surface area (Å²) in [5.74, 6) is 0.377. The van der Waals surface area contributed by atoms with Crippen molar-refractivity contribution in [2.24, 2.45) is 5.92 Å². The van der Waals surface area contributed by atoms with E-state index in [4.69, 9.17) is 21.1 Å². The van der Waals surface area contributed by atoms with Crippen LogP contribution in [0.5, 0.6) is 0 Å². The van der Waals surface area contributed by atoms with Crippen LogP contribution in [0.2, 0.25) is 0 Å². The minimum Gasteiger partial charge on any atom is -0.447 e. The Bertz CT molecular complexity index is 958. The molecule has 0 aliphatic carbocycles. The number of carbonyl (C=O) groups excluding carboxylic acids is 1. The van der Waals surface area contributed by atoms with Gasteiger partial charge in [0.1, 0.15) is 6.61 Å². The Morgan fingerprint density at radius 2 is 1.97 bits per heavy atom. The molecule has 9 heteroatoms. The molecule has 2 heterocycles. The lowest BCUT2D eigenvalue weighted by Gasteiger charge is -2.45. The van der Waals surface area contributed by atoms with Crippen molar-refractivity contribution in [3.8, 4) is 0 Å². The summed E-state index contributed by atoms with van der Waals surface area (Å²) in [4.78, 5) is 11.9. The first kappa shape index (κ1) is 23.7. The average Bonchev–Trinajstić information content (AvgIpc) is 2.82. The van der Waals surface area contributed by atoms with Crippen LogP contribution in [0.3, 0.4) is 0 Å². The molecule has 1 fully saturated rings.